The van der Waals surface area contributed by atoms with Crippen LogP contribution in [0.5, 0.6) is 5.75 Å². The Bertz CT molecular complexity index is 321. The van der Waals surface area contributed by atoms with Crippen molar-refractivity contribution in [3.63, 3.8) is 0 Å². The summed E-state index contributed by atoms with van der Waals surface area (Å²) in [6.45, 7) is 3.53. The number of benzene rings is 1. The van der Waals surface area contributed by atoms with Gasteiger partial charge in [0.25, 0.3) is 0 Å². The summed E-state index contributed by atoms with van der Waals surface area (Å²) in [6.07, 6.45) is 0. The molecular weight excluding hydrogens is 171 g/mol. The third kappa shape index (κ3) is 2.05. The van der Waals surface area contributed by atoms with Crippen molar-refractivity contribution in [3.05, 3.63) is 29.6 Å². The lowest BCUT2D eigenvalue weighted by Gasteiger charge is -2.07. The molecule has 0 aliphatic heterocycles. The molecule has 0 heterocycles. The highest BCUT2D eigenvalue weighted by atomic mass is 19.1. The van der Waals surface area contributed by atoms with Crippen LogP contribution in [0.25, 0.3) is 0 Å². The zero-order valence-electron chi connectivity index (χ0n) is 7.63. The Morgan fingerprint density at radius 1 is 1.54 bits per heavy atom. The van der Waals surface area contributed by atoms with Gasteiger partial charge in [0.1, 0.15) is 11.6 Å². The fraction of sp³-hybridized carbons (Fsp3) is 0.300. The third-order valence-electron chi connectivity index (χ3n) is 1.63. The number of ketones is 1. The number of hydrogen-bond donors (Lipinski definition) is 0. The van der Waals surface area contributed by atoms with Crippen LogP contribution in [0.4, 0.5) is 4.39 Å². The van der Waals surface area contributed by atoms with Gasteiger partial charge < -0.3 is 4.74 Å². The Balaban J connectivity index is 3.17. The normalized spacial score (nSPS) is 9.77. The molecule has 0 bridgehead atoms. The van der Waals surface area contributed by atoms with Gasteiger partial charge in [-0.1, -0.05) is 6.07 Å². The lowest BCUT2D eigenvalue weighted by molar-refractivity contribution is 0.101. The van der Waals surface area contributed by atoms with Crippen LogP contribution >= 0.6 is 0 Å². The molecule has 0 fully saturated rings. The Kier molecular flexibility index (Phi) is 3.01. The van der Waals surface area contributed by atoms with E-state index in [0.29, 0.717) is 12.4 Å². The summed E-state index contributed by atoms with van der Waals surface area (Å²) in [5, 5.41) is 0. The SMILES string of the molecule is CCOc1cccc(F)c1C(C)=O. The molecule has 3 heteroatoms. The van der Waals surface area contributed by atoms with Crippen LogP contribution < -0.4 is 4.74 Å². The maximum absolute atomic E-state index is 13.1. The van der Waals surface area contributed by atoms with E-state index in [4.69, 9.17) is 4.74 Å². The summed E-state index contributed by atoms with van der Waals surface area (Å²) < 4.78 is 18.2. The van der Waals surface area contributed by atoms with E-state index < -0.39 is 5.82 Å². The second kappa shape index (κ2) is 4.03. The molecule has 13 heavy (non-hydrogen) atoms. The smallest absolute Gasteiger partial charge is 0.166 e. The number of rotatable bonds is 3. The summed E-state index contributed by atoms with van der Waals surface area (Å²) in [4.78, 5) is 11.0. The minimum absolute atomic E-state index is 0.0318. The molecule has 1 aromatic rings. The molecular formula is C10H11FO2. The zero-order chi connectivity index (χ0) is 9.84. The molecule has 0 saturated carbocycles. The van der Waals surface area contributed by atoms with Gasteiger partial charge in [-0.3, -0.25) is 4.79 Å². The summed E-state index contributed by atoms with van der Waals surface area (Å²) >= 11 is 0. The second-order valence-corrected chi connectivity index (χ2v) is 2.60. The van der Waals surface area contributed by atoms with Gasteiger partial charge in [0.2, 0.25) is 0 Å². The van der Waals surface area contributed by atoms with Crippen molar-refractivity contribution in [1.29, 1.82) is 0 Å². The standard InChI is InChI=1S/C10H11FO2/c1-3-13-9-6-4-5-8(11)10(9)7(2)12/h4-6H,3H2,1-2H3. The van der Waals surface area contributed by atoms with Crippen LogP contribution in [0.1, 0.15) is 24.2 Å². The van der Waals surface area contributed by atoms with Gasteiger partial charge in [-0.05, 0) is 26.0 Å². The molecule has 0 amide bonds. The topological polar surface area (TPSA) is 26.3 Å². The monoisotopic (exact) mass is 182 g/mol. The van der Waals surface area contributed by atoms with Gasteiger partial charge in [0.15, 0.2) is 5.78 Å². The highest BCUT2D eigenvalue weighted by Crippen LogP contribution is 2.21. The van der Waals surface area contributed by atoms with Gasteiger partial charge >= 0.3 is 0 Å². The molecule has 0 aliphatic rings. The second-order valence-electron chi connectivity index (χ2n) is 2.60. The van der Waals surface area contributed by atoms with Crippen molar-refractivity contribution in [3.8, 4) is 5.75 Å². The fourth-order valence-electron chi connectivity index (χ4n) is 1.12. The van der Waals surface area contributed by atoms with Crippen LogP contribution in [0.15, 0.2) is 18.2 Å². The van der Waals surface area contributed by atoms with E-state index in [2.05, 4.69) is 0 Å². The number of carbonyl (C=O) groups excluding carboxylic acids is 1. The lowest BCUT2D eigenvalue weighted by Crippen LogP contribution is -2.03. The van der Waals surface area contributed by atoms with E-state index >= 15 is 0 Å². The maximum atomic E-state index is 13.1. The van der Waals surface area contributed by atoms with Crippen LogP contribution in [0.2, 0.25) is 0 Å². The minimum Gasteiger partial charge on any atom is -0.493 e. The average molecular weight is 182 g/mol. The zero-order valence-corrected chi connectivity index (χ0v) is 7.63. The summed E-state index contributed by atoms with van der Waals surface area (Å²) in [5.74, 6) is -0.532. The van der Waals surface area contributed by atoms with Gasteiger partial charge in [0, 0.05) is 0 Å². The Morgan fingerprint density at radius 2 is 2.23 bits per heavy atom. The van der Waals surface area contributed by atoms with E-state index in [-0.39, 0.29) is 11.3 Å². The first kappa shape index (κ1) is 9.71. The predicted octanol–water partition coefficient (Wildman–Crippen LogP) is 2.43. The van der Waals surface area contributed by atoms with E-state index in [0.717, 1.165) is 0 Å². The molecule has 2 nitrogen and oxygen atoms in total. The number of ether oxygens (including phenoxy) is 1. The lowest BCUT2D eigenvalue weighted by atomic mass is 10.1. The van der Waals surface area contributed by atoms with Crippen molar-refractivity contribution in [1.82, 2.24) is 0 Å². The maximum Gasteiger partial charge on any atom is 0.166 e. The molecule has 1 rings (SSSR count). The molecule has 0 unspecified atom stereocenters. The van der Waals surface area contributed by atoms with Gasteiger partial charge in [-0.15, -0.1) is 0 Å². The third-order valence-corrected chi connectivity index (χ3v) is 1.63. The predicted molar refractivity (Wildman–Crippen MR) is 47.6 cm³/mol. The van der Waals surface area contributed by atoms with Crippen molar-refractivity contribution >= 4 is 5.78 Å². The minimum atomic E-state index is -0.529. The van der Waals surface area contributed by atoms with Gasteiger partial charge in [-0.2, -0.15) is 0 Å². The first-order chi connectivity index (χ1) is 6.16. The van der Waals surface area contributed by atoms with Crippen molar-refractivity contribution in [2.24, 2.45) is 0 Å². The first-order valence-corrected chi connectivity index (χ1v) is 4.09. The number of halogens is 1. The van der Waals surface area contributed by atoms with Crippen molar-refractivity contribution in [2.75, 3.05) is 6.61 Å². The Morgan fingerprint density at radius 3 is 2.77 bits per heavy atom. The summed E-state index contributed by atoms with van der Waals surface area (Å²) in [7, 11) is 0. The Hall–Kier alpha value is -1.38. The number of carbonyl (C=O) groups is 1. The van der Waals surface area contributed by atoms with Crippen LogP contribution in [0, 0.1) is 5.82 Å². The van der Waals surface area contributed by atoms with E-state index in [9.17, 15) is 9.18 Å². The van der Waals surface area contributed by atoms with Crippen LogP contribution in [-0.2, 0) is 0 Å². The molecule has 0 radical (unpaired) electrons. The molecule has 0 aromatic heterocycles. The molecule has 70 valence electrons. The van der Waals surface area contributed by atoms with Gasteiger partial charge in [0.05, 0.1) is 12.2 Å². The first-order valence-electron chi connectivity index (χ1n) is 4.09. The van der Waals surface area contributed by atoms with E-state index in [1.54, 1.807) is 13.0 Å². The Labute approximate surface area is 76.3 Å². The van der Waals surface area contributed by atoms with E-state index in [1.165, 1.54) is 19.1 Å². The average Bonchev–Trinajstić information content (AvgIpc) is 2.04. The highest BCUT2D eigenvalue weighted by molar-refractivity contribution is 5.97. The van der Waals surface area contributed by atoms with Crippen LogP contribution in [-0.4, -0.2) is 12.4 Å². The number of Topliss-reactive ketones (excluding diaryl/α,β-unsaturated/α-hetero) is 1. The molecule has 0 saturated heterocycles. The number of hydrogen-bond acceptors (Lipinski definition) is 2. The van der Waals surface area contributed by atoms with Crippen molar-refractivity contribution < 1.29 is 13.9 Å². The van der Waals surface area contributed by atoms with E-state index in [1.807, 2.05) is 0 Å². The molecule has 0 aliphatic carbocycles. The van der Waals surface area contributed by atoms with Crippen LogP contribution in [0.3, 0.4) is 0 Å². The summed E-state index contributed by atoms with van der Waals surface area (Å²) in [5.41, 5.74) is 0.0318. The molecule has 0 N–H and O–H groups in total. The quantitative estimate of drug-likeness (QED) is 0.671. The molecule has 0 spiro atoms. The van der Waals surface area contributed by atoms with Crippen molar-refractivity contribution in [2.45, 2.75) is 13.8 Å². The fourth-order valence-corrected chi connectivity index (χ4v) is 1.12. The molecule has 0 atom stereocenters. The molecule has 1 aromatic carbocycles. The largest absolute Gasteiger partial charge is 0.493 e. The van der Waals surface area contributed by atoms with Gasteiger partial charge in [-0.25, -0.2) is 4.39 Å². The highest BCUT2D eigenvalue weighted by Gasteiger charge is 2.12. The summed E-state index contributed by atoms with van der Waals surface area (Å²) in [6, 6.07) is 4.36.